The molecule has 6 aromatic carbocycles. The molecule has 53 heavy (non-hydrogen) atoms. The zero-order valence-electron chi connectivity index (χ0n) is 32.7. The number of hydrogen-bond acceptors (Lipinski definition) is 1. The molecule has 3 aliphatic rings. The van der Waals surface area contributed by atoms with Crippen molar-refractivity contribution in [2.75, 3.05) is 4.90 Å². The van der Waals surface area contributed by atoms with Crippen molar-refractivity contribution in [3.05, 3.63) is 160 Å². The van der Waals surface area contributed by atoms with E-state index in [4.69, 9.17) is 0 Å². The Morgan fingerprint density at radius 3 is 1.89 bits per heavy atom. The highest BCUT2D eigenvalue weighted by molar-refractivity contribution is 5.96. The first-order chi connectivity index (χ1) is 25.4. The second kappa shape index (κ2) is 12.3. The Morgan fingerprint density at radius 1 is 0.472 bits per heavy atom. The first-order valence-electron chi connectivity index (χ1n) is 19.9. The van der Waals surface area contributed by atoms with Gasteiger partial charge in [0.25, 0.3) is 0 Å². The van der Waals surface area contributed by atoms with Gasteiger partial charge in [0.2, 0.25) is 0 Å². The van der Waals surface area contributed by atoms with Crippen molar-refractivity contribution in [3.8, 4) is 33.4 Å². The molecule has 0 fully saturated rings. The maximum absolute atomic E-state index is 2.63. The Morgan fingerprint density at radius 2 is 1.13 bits per heavy atom. The van der Waals surface area contributed by atoms with Crippen LogP contribution in [-0.4, -0.2) is 0 Å². The fraction of sp³-hybridized carbons (Fsp3) is 0.308. The van der Waals surface area contributed by atoms with E-state index in [2.05, 4.69) is 175 Å². The van der Waals surface area contributed by atoms with Gasteiger partial charge in [0.1, 0.15) is 0 Å². The van der Waals surface area contributed by atoms with Crippen molar-refractivity contribution in [1.29, 1.82) is 0 Å². The van der Waals surface area contributed by atoms with Gasteiger partial charge in [-0.25, -0.2) is 0 Å². The number of anilines is 3. The zero-order chi connectivity index (χ0) is 36.7. The lowest BCUT2D eigenvalue weighted by molar-refractivity contribution is 0.332. The van der Waals surface area contributed by atoms with Crippen LogP contribution in [0.1, 0.15) is 106 Å². The summed E-state index contributed by atoms with van der Waals surface area (Å²) >= 11 is 0. The fourth-order valence-electron chi connectivity index (χ4n) is 9.96. The summed E-state index contributed by atoms with van der Waals surface area (Å²) in [5.41, 5.74) is 22.1. The van der Waals surface area contributed by atoms with Crippen molar-refractivity contribution >= 4 is 17.1 Å². The maximum Gasteiger partial charge on any atom is 0.0543 e. The van der Waals surface area contributed by atoms with Gasteiger partial charge in [-0.15, -0.1) is 0 Å². The molecule has 1 nitrogen and oxygen atoms in total. The van der Waals surface area contributed by atoms with Gasteiger partial charge in [0.15, 0.2) is 0 Å². The molecule has 0 bridgehead atoms. The van der Waals surface area contributed by atoms with E-state index in [0.717, 1.165) is 12.8 Å². The topological polar surface area (TPSA) is 3.24 Å². The second-order valence-electron chi connectivity index (χ2n) is 17.9. The molecule has 0 saturated carbocycles. The molecule has 9 rings (SSSR count). The van der Waals surface area contributed by atoms with Crippen LogP contribution in [0.5, 0.6) is 0 Å². The predicted molar refractivity (Wildman–Crippen MR) is 226 cm³/mol. The third kappa shape index (κ3) is 5.50. The highest BCUT2D eigenvalue weighted by Crippen LogP contribution is 2.55. The maximum atomic E-state index is 2.63. The molecule has 1 heteroatoms. The van der Waals surface area contributed by atoms with Crippen LogP contribution in [0.4, 0.5) is 17.1 Å². The van der Waals surface area contributed by atoms with Crippen LogP contribution in [-0.2, 0) is 29.1 Å². The molecule has 3 aliphatic carbocycles. The van der Waals surface area contributed by atoms with Gasteiger partial charge in [0, 0.05) is 22.4 Å². The van der Waals surface area contributed by atoms with Gasteiger partial charge < -0.3 is 4.90 Å². The Bertz CT molecular complexity index is 2370. The van der Waals surface area contributed by atoms with E-state index in [9.17, 15) is 0 Å². The molecule has 0 spiro atoms. The SMILES string of the molecule is Cc1cc2c(cc1-c1cc3c(cc1N(c1ccc(-c4ccccc4)cc1)c1cccc4c1CCCC4)C(C)(C)c1ccccc1-3)C(C)(C)CCC2(C)C. The molecule has 0 amide bonds. The van der Waals surface area contributed by atoms with Crippen LogP contribution >= 0.6 is 0 Å². The fourth-order valence-corrected chi connectivity index (χ4v) is 9.96. The average Bonchev–Trinajstić information content (AvgIpc) is 3.39. The lowest BCUT2D eigenvalue weighted by Crippen LogP contribution is -2.34. The van der Waals surface area contributed by atoms with E-state index >= 15 is 0 Å². The summed E-state index contributed by atoms with van der Waals surface area (Å²) in [6.45, 7) is 17.0. The highest BCUT2D eigenvalue weighted by atomic mass is 15.1. The summed E-state index contributed by atoms with van der Waals surface area (Å²) in [6.07, 6.45) is 7.18. The predicted octanol–water partition coefficient (Wildman–Crippen LogP) is 14.3. The summed E-state index contributed by atoms with van der Waals surface area (Å²) < 4.78 is 0. The Balaban J connectivity index is 1.35. The molecule has 266 valence electrons. The third-order valence-corrected chi connectivity index (χ3v) is 13.3. The van der Waals surface area contributed by atoms with Gasteiger partial charge in [-0.2, -0.15) is 0 Å². The number of fused-ring (bicyclic) bond motifs is 5. The molecular formula is C52H53N. The van der Waals surface area contributed by atoms with E-state index in [1.54, 1.807) is 0 Å². The van der Waals surface area contributed by atoms with Crippen LogP contribution in [0.15, 0.2) is 121 Å². The molecular weight excluding hydrogens is 639 g/mol. The molecule has 0 aromatic heterocycles. The Labute approximate surface area is 317 Å². The van der Waals surface area contributed by atoms with Crippen LogP contribution in [0.2, 0.25) is 0 Å². The largest absolute Gasteiger partial charge is 0.310 e. The summed E-state index contributed by atoms with van der Waals surface area (Å²) in [6, 6.07) is 46.6. The molecule has 6 aromatic rings. The van der Waals surface area contributed by atoms with E-state index in [0.29, 0.717) is 0 Å². The summed E-state index contributed by atoms with van der Waals surface area (Å²) in [5, 5.41) is 0. The van der Waals surface area contributed by atoms with Gasteiger partial charge in [0.05, 0.1) is 5.69 Å². The van der Waals surface area contributed by atoms with Gasteiger partial charge in [-0.3, -0.25) is 0 Å². The van der Waals surface area contributed by atoms with Crippen molar-refractivity contribution in [1.82, 2.24) is 0 Å². The molecule has 0 atom stereocenters. The van der Waals surface area contributed by atoms with Crippen molar-refractivity contribution in [2.45, 2.75) is 103 Å². The molecule has 0 unspecified atom stereocenters. The van der Waals surface area contributed by atoms with Crippen LogP contribution in [0, 0.1) is 6.92 Å². The number of hydrogen-bond donors (Lipinski definition) is 0. The molecule has 0 saturated heterocycles. The minimum atomic E-state index is -0.116. The average molecular weight is 692 g/mol. The molecule has 0 aliphatic heterocycles. The van der Waals surface area contributed by atoms with E-state index in [1.165, 1.54) is 115 Å². The summed E-state index contributed by atoms with van der Waals surface area (Å²) in [7, 11) is 0. The quantitative estimate of drug-likeness (QED) is 0.174. The smallest absolute Gasteiger partial charge is 0.0543 e. The number of nitrogens with zero attached hydrogens (tertiary/aromatic N) is 1. The van der Waals surface area contributed by atoms with Gasteiger partial charge >= 0.3 is 0 Å². The minimum absolute atomic E-state index is 0.115. The standard InChI is InChI=1S/C52H53N/c1-34-30-46-47(51(4,5)29-28-50(46,2)3)32-41(34)43-31-42-40-21-13-14-22-44(40)52(6,7)45(42)33-49(43)53(48-23-15-19-37-18-11-12-20-39(37)48)38-26-24-36(25-27-38)35-16-9-8-10-17-35/h8-10,13-17,19,21-27,30-33H,11-12,18,20,28-29H2,1-7H3. The van der Waals surface area contributed by atoms with Gasteiger partial charge in [-0.05, 0) is 159 Å². The molecule has 0 N–H and O–H groups in total. The van der Waals surface area contributed by atoms with E-state index < -0.39 is 0 Å². The van der Waals surface area contributed by atoms with Crippen LogP contribution < -0.4 is 4.90 Å². The normalized spacial score (nSPS) is 17.3. The van der Waals surface area contributed by atoms with Crippen LogP contribution in [0.25, 0.3) is 33.4 Å². The lowest BCUT2D eigenvalue weighted by atomic mass is 9.62. The van der Waals surface area contributed by atoms with E-state index in [-0.39, 0.29) is 16.2 Å². The van der Waals surface area contributed by atoms with Gasteiger partial charge in [-0.1, -0.05) is 126 Å². The number of rotatable bonds is 5. The summed E-state index contributed by atoms with van der Waals surface area (Å²) in [4.78, 5) is 2.63. The first kappa shape index (κ1) is 33.9. The molecule has 0 radical (unpaired) electrons. The summed E-state index contributed by atoms with van der Waals surface area (Å²) in [5.74, 6) is 0. The van der Waals surface area contributed by atoms with Crippen molar-refractivity contribution in [2.24, 2.45) is 0 Å². The third-order valence-electron chi connectivity index (χ3n) is 13.3. The number of aryl methyl sites for hydroxylation is 2. The Hall–Kier alpha value is -4.88. The highest BCUT2D eigenvalue weighted by Gasteiger charge is 2.40. The molecule has 0 heterocycles. The van der Waals surface area contributed by atoms with Crippen molar-refractivity contribution < 1.29 is 0 Å². The number of benzene rings is 6. The lowest BCUT2D eigenvalue weighted by Gasteiger charge is -2.42. The zero-order valence-corrected chi connectivity index (χ0v) is 32.7. The first-order valence-corrected chi connectivity index (χ1v) is 19.9. The van der Waals surface area contributed by atoms with Crippen molar-refractivity contribution in [3.63, 3.8) is 0 Å². The minimum Gasteiger partial charge on any atom is -0.310 e. The monoisotopic (exact) mass is 691 g/mol. The van der Waals surface area contributed by atoms with E-state index in [1.807, 2.05) is 0 Å². The van der Waals surface area contributed by atoms with Crippen LogP contribution in [0.3, 0.4) is 0 Å². The Kier molecular flexibility index (Phi) is 7.90. The second-order valence-corrected chi connectivity index (χ2v) is 17.9.